The van der Waals surface area contributed by atoms with Gasteiger partial charge in [0.2, 0.25) is 0 Å². The summed E-state index contributed by atoms with van der Waals surface area (Å²) in [6.45, 7) is 4.26. The van der Waals surface area contributed by atoms with E-state index in [2.05, 4.69) is 6.58 Å². The third kappa shape index (κ3) is 4.78. The number of nitrogens with zero attached hydrogens (tertiary/aromatic N) is 1. The average Bonchev–Trinajstić information content (AvgIpc) is 3.06. The summed E-state index contributed by atoms with van der Waals surface area (Å²) < 4.78 is 73.6. The van der Waals surface area contributed by atoms with Crippen LogP contribution >= 0.6 is 11.6 Å². The fraction of sp³-hybridized carbons (Fsp3) is 0.333. The van der Waals surface area contributed by atoms with Crippen molar-refractivity contribution in [3.63, 3.8) is 0 Å². The highest BCUT2D eigenvalue weighted by Crippen LogP contribution is 2.42. The van der Waals surface area contributed by atoms with Gasteiger partial charge in [0.05, 0.1) is 27.3 Å². The number of sulfonamides is 1. The Bertz CT molecular complexity index is 1100. The second-order valence-electron chi connectivity index (χ2n) is 7.59. The maximum atomic E-state index is 13.9. The lowest BCUT2D eigenvalue weighted by Crippen LogP contribution is -2.28. The molecule has 0 spiro atoms. The first-order valence-electron chi connectivity index (χ1n) is 9.28. The van der Waals surface area contributed by atoms with Crippen LogP contribution in [0.5, 0.6) is 0 Å². The lowest BCUT2D eigenvalue weighted by atomic mass is 9.79. The molecule has 0 saturated carbocycles. The Hall–Kier alpha value is -1.97. The van der Waals surface area contributed by atoms with Gasteiger partial charge in [-0.25, -0.2) is 17.2 Å². The maximum Gasteiger partial charge on any atom is 0.273 e. The monoisotopic (exact) mass is 469 g/mol. The predicted octanol–water partition coefficient (Wildman–Crippen LogP) is 4.91. The van der Waals surface area contributed by atoms with Gasteiger partial charge in [0.1, 0.15) is 14.5 Å². The molecule has 0 N–H and O–H groups in total. The third-order valence-electron chi connectivity index (χ3n) is 5.10. The van der Waals surface area contributed by atoms with Crippen LogP contribution < -0.4 is 4.31 Å². The molecule has 10 heteroatoms. The van der Waals surface area contributed by atoms with Crippen LogP contribution in [0.15, 0.2) is 53.9 Å². The summed E-state index contributed by atoms with van der Waals surface area (Å²) >= 11 is 6.30. The van der Waals surface area contributed by atoms with Gasteiger partial charge in [-0.15, -0.1) is 0 Å². The number of benzene rings is 2. The van der Waals surface area contributed by atoms with Crippen LogP contribution in [0.25, 0.3) is 5.57 Å². The second kappa shape index (κ2) is 8.18. The molecule has 2 aromatic carbocycles. The van der Waals surface area contributed by atoms with Gasteiger partial charge in [-0.3, -0.25) is 8.70 Å². The van der Waals surface area contributed by atoms with E-state index in [1.165, 1.54) is 49.5 Å². The van der Waals surface area contributed by atoms with Crippen molar-refractivity contribution >= 4 is 40.7 Å². The summed E-state index contributed by atoms with van der Waals surface area (Å²) in [4.78, 5) is -0.108. The zero-order valence-corrected chi connectivity index (χ0v) is 18.5. The third-order valence-corrected chi connectivity index (χ3v) is 7.20. The standard InChI is InChI=1S/C21H20BClF3NO3S/c1-13(18-11-21(25,26)12-30-18)19-16(23)5-4-6-17(19)27(3)31(28,29)15-9-7-14(8-10-15)20(2,22)24/h4-10,18H,1,11-12H2,2-3H3. The Morgan fingerprint density at radius 2 is 1.90 bits per heavy atom. The van der Waals surface area contributed by atoms with Gasteiger partial charge in [0.15, 0.2) is 0 Å². The molecule has 1 heterocycles. The van der Waals surface area contributed by atoms with Crippen molar-refractivity contribution in [3.8, 4) is 0 Å². The molecule has 1 aliphatic rings. The molecule has 0 aliphatic carbocycles. The average molecular weight is 470 g/mol. The SMILES string of the molecule is [B]C(C)(F)c1ccc(S(=O)(=O)N(C)c2cccc(Cl)c2C(=C)C2CC(F)(F)CO2)cc1. The zero-order valence-electron chi connectivity index (χ0n) is 16.9. The Balaban J connectivity index is 1.99. The smallest absolute Gasteiger partial charge is 0.273 e. The number of rotatable bonds is 6. The van der Waals surface area contributed by atoms with Crippen molar-refractivity contribution in [2.75, 3.05) is 18.0 Å². The lowest BCUT2D eigenvalue weighted by Gasteiger charge is -2.25. The molecule has 2 unspecified atom stereocenters. The van der Waals surface area contributed by atoms with E-state index in [1.807, 2.05) is 0 Å². The minimum absolute atomic E-state index is 0.108. The Morgan fingerprint density at radius 3 is 2.42 bits per heavy atom. The highest BCUT2D eigenvalue weighted by Gasteiger charge is 2.42. The van der Waals surface area contributed by atoms with E-state index in [9.17, 15) is 21.6 Å². The number of hydrogen-bond donors (Lipinski definition) is 0. The number of alkyl halides is 3. The molecule has 0 bridgehead atoms. The van der Waals surface area contributed by atoms with Crippen molar-refractivity contribution in [2.24, 2.45) is 0 Å². The van der Waals surface area contributed by atoms with Gasteiger partial charge < -0.3 is 4.74 Å². The fourth-order valence-corrected chi connectivity index (χ4v) is 4.83. The van der Waals surface area contributed by atoms with Crippen LogP contribution in [0, 0.1) is 0 Å². The van der Waals surface area contributed by atoms with E-state index >= 15 is 0 Å². The molecule has 1 saturated heterocycles. The first kappa shape index (κ1) is 23.7. The summed E-state index contributed by atoms with van der Waals surface area (Å²) in [5.74, 6) is -3.00. The van der Waals surface area contributed by atoms with Crippen molar-refractivity contribution in [2.45, 2.75) is 35.8 Å². The summed E-state index contributed by atoms with van der Waals surface area (Å²) in [5, 5.41) is 0.148. The molecule has 3 rings (SSSR count). The molecule has 164 valence electrons. The molecule has 31 heavy (non-hydrogen) atoms. The number of halogens is 4. The van der Waals surface area contributed by atoms with E-state index in [-0.39, 0.29) is 32.3 Å². The van der Waals surface area contributed by atoms with Gasteiger partial charge in [-0.1, -0.05) is 36.4 Å². The Kier molecular flexibility index (Phi) is 6.26. The van der Waals surface area contributed by atoms with Gasteiger partial charge in [-0.2, -0.15) is 0 Å². The zero-order chi connectivity index (χ0) is 23.2. The predicted molar refractivity (Wildman–Crippen MR) is 116 cm³/mol. The molecule has 0 aromatic heterocycles. The van der Waals surface area contributed by atoms with Gasteiger partial charge in [0.25, 0.3) is 15.9 Å². The summed E-state index contributed by atoms with van der Waals surface area (Å²) in [7, 11) is 2.61. The van der Waals surface area contributed by atoms with E-state index in [0.29, 0.717) is 0 Å². The summed E-state index contributed by atoms with van der Waals surface area (Å²) in [6, 6.07) is 9.59. The number of anilines is 1. The van der Waals surface area contributed by atoms with Crippen LogP contribution in [0.4, 0.5) is 18.9 Å². The highest BCUT2D eigenvalue weighted by atomic mass is 35.5. The minimum atomic E-state index is -4.09. The molecule has 1 fully saturated rings. The number of ether oxygens (including phenoxy) is 1. The largest absolute Gasteiger partial charge is 0.367 e. The van der Waals surface area contributed by atoms with Crippen LogP contribution in [0.1, 0.15) is 24.5 Å². The molecular formula is C21H20BClF3NO3S. The normalized spacial score (nSPS) is 20.3. The van der Waals surface area contributed by atoms with Crippen molar-refractivity contribution in [1.82, 2.24) is 0 Å². The molecule has 2 radical (unpaired) electrons. The van der Waals surface area contributed by atoms with Gasteiger partial charge >= 0.3 is 0 Å². The van der Waals surface area contributed by atoms with Crippen LogP contribution in [0.3, 0.4) is 0 Å². The second-order valence-corrected chi connectivity index (χ2v) is 9.97. The molecular weight excluding hydrogens is 450 g/mol. The van der Waals surface area contributed by atoms with Crippen molar-refractivity contribution < 1.29 is 26.3 Å². The Labute approximate surface area is 186 Å². The fourth-order valence-electron chi connectivity index (χ4n) is 3.33. The Morgan fingerprint density at radius 1 is 1.29 bits per heavy atom. The van der Waals surface area contributed by atoms with Crippen LogP contribution in [-0.4, -0.2) is 41.9 Å². The molecule has 0 amide bonds. The lowest BCUT2D eigenvalue weighted by molar-refractivity contribution is -0.00860. The molecule has 1 aliphatic heterocycles. The topological polar surface area (TPSA) is 46.6 Å². The van der Waals surface area contributed by atoms with E-state index < -0.39 is 40.6 Å². The maximum absolute atomic E-state index is 13.9. The summed E-state index contributed by atoms with van der Waals surface area (Å²) in [5.41, 5.74) is -1.49. The van der Waals surface area contributed by atoms with Crippen LogP contribution in [-0.2, 0) is 20.3 Å². The van der Waals surface area contributed by atoms with E-state index in [1.54, 1.807) is 0 Å². The van der Waals surface area contributed by atoms with Gasteiger partial charge in [0, 0.05) is 19.0 Å². The van der Waals surface area contributed by atoms with E-state index in [4.69, 9.17) is 24.2 Å². The van der Waals surface area contributed by atoms with Gasteiger partial charge in [-0.05, 0) is 42.3 Å². The first-order chi connectivity index (χ1) is 14.2. The van der Waals surface area contributed by atoms with E-state index in [0.717, 1.165) is 11.2 Å². The minimum Gasteiger partial charge on any atom is -0.367 e. The molecule has 2 atom stereocenters. The quantitative estimate of drug-likeness (QED) is 0.565. The van der Waals surface area contributed by atoms with Crippen molar-refractivity contribution in [3.05, 3.63) is 65.2 Å². The molecule has 4 nitrogen and oxygen atoms in total. The first-order valence-corrected chi connectivity index (χ1v) is 11.1. The highest BCUT2D eigenvalue weighted by molar-refractivity contribution is 7.92. The number of hydrogen-bond acceptors (Lipinski definition) is 3. The van der Waals surface area contributed by atoms with Crippen molar-refractivity contribution in [1.29, 1.82) is 0 Å². The molecule has 2 aromatic rings. The van der Waals surface area contributed by atoms with Crippen LogP contribution in [0.2, 0.25) is 5.02 Å². The summed E-state index contributed by atoms with van der Waals surface area (Å²) in [6.07, 6.45) is -1.58.